The molecule has 5 heteroatoms. The van der Waals surface area contributed by atoms with Crippen molar-refractivity contribution in [2.24, 2.45) is 0 Å². The van der Waals surface area contributed by atoms with E-state index in [4.69, 9.17) is 11.6 Å². The summed E-state index contributed by atoms with van der Waals surface area (Å²) >= 11 is 9.38. The molecule has 0 unspecified atom stereocenters. The van der Waals surface area contributed by atoms with Crippen LogP contribution in [0.1, 0.15) is 5.82 Å². The van der Waals surface area contributed by atoms with Crippen molar-refractivity contribution in [3.8, 4) is 0 Å². The van der Waals surface area contributed by atoms with Gasteiger partial charge in [0, 0.05) is 12.4 Å². The molecule has 0 aliphatic heterocycles. The Morgan fingerprint density at radius 3 is 3.07 bits per heavy atom. The van der Waals surface area contributed by atoms with Crippen molar-refractivity contribution in [3.63, 3.8) is 0 Å². The third-order valence-electron chi connectivity index (χ3n) is 1.95. The van der Waals surface area contributed by atoms with Gasteiger partial charge in [-0.15, -0.1) is 0 Å². The molecule has 0 aliphatic carbocycles. The maximum Gasteiger partial charge on any atom is 0.125 e. The van der Waals surface area contributed by atoms with E-state index in [0.29, 0.717) is 11.6 Å². The minimum absolute atomic E-state index is 0.645. The van der Waals surface area contributed by atoms with Crippen molar-refractivity contribution in [2.45, 2.75) is 6.54 Å². The van der Waals surface area contributed by atoms with Gasteiger partial charge >= 0.3 is 0 Å². The number of halogens is 2. The van der Waals surface area contributed by atoms with Crippen LogP contribution in [-0.2, 0) is 6.54 Å². The van der Waals surface area contributed by atoms with Crippen LogP contribution in [0, 0.1) is 0 Å². The van der Waals surface area contributed by atoms with Gasteiger partial charge in [0.1, 0.15) is 5.82 Å². The lowest BCUT2D eigenvalue weighted by atomic mass is 10.3. The predicted octanol–water partition coefficient (Wildman–Crippen LogP) is 3.44. The van der Waals surface area contributed by atoms with E-state index in [1.165, 1.54) is 0 Å². The van der Waals surface area contributed by atoms with Crippen LogP contribution in [0.25, 0.3) is 0 Å². The molecule has 1 aromatic heterocycles. The predicted molar refractivity (Wildman–Crippen MR) is 65.1 cm³/mol. The summed E-state index contributed by atoms with van der Waals surface area (Å²) in [6, 6.07) is 5.69. The van der Waals surface area contributed by atoms with E-state index in [1.807, 2.05) is 18.2 Å². The van der Waals surface area contributed by atoms with Gasteiger partial charge in [-0.25, -0.2) is 4.98 Å². The van der Waals surface area contributed by atoms with Gasteiger partial charge in [-0.2, -0.15) is 0 Å². The SMILES string of the molecule is Clc1cccc(NCc2ncc[nH]2)c1Br. The Balaban J connectivity index is 2.08. The molecule has 15 heavy (non-hydrogen) atoms. The van der Waals surface area contributed by atoms with Crippen molar-refractivity contribution in [1.29, 1.82) is 0 Å². The summed E-state index contributed by atoms with van der Waals surface area (Å²) in [6.45, 7) is 0.645. The number of hydrogen-bond acceptors (Lipinski definition) is 2. The number of imidazole rings is 1. The summed E-state index contributed by atoms with van der Waals surface area (Å²) in [4.78, 5) is 7.14. The van der Waals surface area contributed by atoms with Gasteiger partial charge in [0.2, 0.25) is 0 Å². The number of rotatable bonds is 3. The first kappa shape index (κ1) is 10.5. The van der Waals surface area contributed by atoms with Gasteiger partial charge in [-0.05, 0) is 28.1 Å². The molecule has 1 aromatic carbocycles. The summed E-state index contributed by atoms with van der Waals surface area (Å²) in [6.07, 6.45) is 3.52. The van der Waals surface area contributed by atoms with Gasteiger partial charge < -0.3 is 10.3 Å². The summed E-state index contributed by atoms with van der Waals surface area (Å²) in [7, 11) is 0. The van der Waals surface area contributed by atoms with E-state index in [0.717, 1.165) is 16.0 Å². The van der Waals surface area contributed by atoms with Crippen molar-refractivity contribution in [1.82, 2.24) is 9.97 Å². The number of hydrogen-bond donors (Lipinski definition) is 2. The van der Waals surface area contributed by atoms with Crippen LogP contribution in [0.3, 0.4) is 0 Å². The first-order valence-corrected chi connectivity index (χ1v) is 5.60. The highest BCUT2D eigenvalue weighted by Crippen LogP contribution is 2.30. The zero-order chi connectivity index (χ0) is 10.7. The Labute approximate surface area is 101 Å². The largest absolute Gasteiger partial charge is 0.377 e. The second kappa shape index (κ2) is 4.68. The fraction of sp³-hybridized carbons (Fsp3) is 0.100. The fourth-order valence-corrected chi connectivity index (χ4v) is 1.79. The lowest BCUT2D eigenvalue weighted by Crippen LogP contribution is -2.01. The molecule has 2 rings (SSSR count). The third-order valence-corrected chi connectivity index (χ3v) is 3.35. The van der Waals surface area contributed by atoms with Crippen molar-refractivity contribution in [2.75, 3.05) is 5.32 Å². The topological polar surface area (TPSA) is 40.7 Å². The molecule has 0 saturated carbocycles. The number of benzene rings is 1. The molecule has 2 N–H and O–H groups in total. The Morgan fingerprint density at radius 1 is 1.47 bits per heavy atom. The second-order valence-corrected chi connectivity index (χ2v) is 4.19. The lowest BCUT2D eigenvalue weighted by Gasteiger charge is -2.07. The van der Waals surface area contributed by atoms with Crippen molar-refractivity contribution in [3.05, 3.63) is 45.9 Å². The number of aromatic nitrogens is 2. The number of nitrogens with one attached hydrogen (secondary N) is 2. The Hall–Kier alpha value is -1.00. The Kier molecular flexibility index (Phi) is 3.28. The fourth-order valence-electron chi connectivity index (χ4n) is 1.21. The van der Waals surface area contributed by atoms with Crippen LogP contribution >= 0.6 is 27.5 Å². The van der Waals surface area contributed by atoms with Crippen LogP contribution in [0.15, 0.2) is 35.1 Å². The Bertz CT molecular complexity index is 442. The molecule has 0 radical (unpaired) electrons. The highest BCUT2D eigenvalue weighted by Gasteiger charge is 2.03. The van der Waals surface area contributed by atoms with E-state index in [9.17, 15) is 0 Å². The monoisotopic (exact) mass is 285 g/mol. The molecule has 0 saturated heterocycles. The molecule has 78 valence electrons. The Morgan fingerprint density at radius 2 is 2.33 bits per heavy atom. The van der Waals surface area contributed by atoms with Crippen molar-refractivity contribution >= 4 is 33.2 Å². The first-order valence-electron chi connectivity index (χ1n) is 4.43. The maximum atomic E-state index is 5.96. The van der Waals surface area contributed by atoms with Crippen LogP contribution in [0.5, 0.6) is 0 Å². The van der Waals surface area contributed by atoms with E-state index in [-0.39, 0.29) is 0 Å². The highest BCUT2D eigenvalue weighted by atomic mass is 79.9. The van der Waals surface area contributed by atoms with E-state index < -0.39 is 0 Å². The van der Waals surface area contributed by atoms with Crippen molar-refractivity contribution < 1.29 is 0 Å². The number of aromatic amines is 1. The molecule has 0 amide bonds. The minimum atomic E-state index is 0.645. The van der Waals surface area contributed by atoms with Gasteiger partial charge in [0.15, 0.2) is 0 Å². The molecule has 2 aromatic rings. The van der Waals surface area contributed by atoms with E-state index in [2.05, 4.69) is 31.2 Å². The van der Waals surface area contributed by atoms with Gasteiger partial charge in [-0.1, -0.05) is 17.7 Å². The number of anilines is 1. The maximum absolute atomic E-state index is 5.96. The number of H-pyrrole nitrogens is 1. The van der Waals surface area contributed by atoms with Gasteiger partial charge in [-0.3, -0.25) is 0 Å². The molecular weight excluding hydrogens is 277 g/mol. The molecule has 0 aliphatic rings. The molecule has 0 spiro atoms. The molecule has 0 bridgehead atoms. The van der Waals surface area contributed by atoms with Crippen LogP contribution in [0.4, 0.5) is 5.69 Å². The quantitative estimate of drug-likeness (QED) is 0.907. The lowest BCUT2D eigenvalue weighted by molar-refractivity contribution is 0.999. The molecule has 0 fully saturated rings. The first-order chi connectivity index (χ1) is 7.27. The van der Waals surface area contributed by atoms with E-state index >= 15 is 0 Å². The minimum Gasteiger partial charge on any atom is -0.377 e. The van der Waals surface area contributed by atoms with Gasteiger partial charge in [0.05, 0.1) is 21.7 Å². The zero-order valence-electron chi connectivity index (χ0n) is 7.80. The smallest absolute Gasteiger partial charge is 0.125 e. The van der Waals surface area contributed by atoms with Crippen LogP contribution in [-0.4, -0.2) is 9.97 Å². The standard InChI is InChI=1S/C10H9BrClN3/c11-10-7(12)2-1-3-8(10)15-6-9-13-4-5-14-9/h1-5,15H,6H2,(H,13,14). The summed E-state index contributed by atoms with van der Waals surface area (Å²) in [5.41, 5.74) is 0.957. The van der Waals surface area contributed by atoms with E-state index in [1.54, 1.807) is 12.4 Å². The second-order valence-electron chi connectivity index (χ2n) is 2.99. The number of nitrogens with zero attached hydrogens (tertiary/aromatic N) is 1. The normalized spacial score (nSPS) is 10.3. The molecular formula is C10H9BrClN3. The summed E-state index contributed by atoms with van der Waals surface area (Å²) < 4.78 is 0.873. The average Bonchev–Trinajstić information content (AvgIpc) is 2.73. The average molecular weight is 287 g/mol. The van der Waals surface area contributed by atoms with Crippen LogP contribution in [0.2, 0.25) is 5.02 Å². The van der Waals surface area contributed by atoms with Gasteiger partial charge in [0.25, 0.3) is 0 Å². The molecule has 0 atom stereocenters. The highest BCUT2D eigenvalue weighted by molar-refractivity contribution is 9.10. The summed E-state index contributed by atoms with van der Waals surface area (Å²) in [5.74, 6) is 0.891. The van der Waals surface area contributed by atoms with Crippen LogP contribution < -0.4 is 5.32 Å². The molecule has 3 nitrogen and oxygen atoms in total. The summed E-state index contributed by atoms with van der Waals surface area (Å²) in [5, 5.41) is 3.93. The third kappa shape index (κ3) is 2.52. The molecule has 1 heterocycles. The zero-order valence-corrected chi connectivity index (χ0v) is 10.1.